The Morgan fingerprint density at radius 2 is 1.81 bits per heavy atom. The molecular formula is C10H10O6. The first-order valence-corrected chi connectivity index (χ1v) is 4.63. The van der Waals surface area contributed by atoms with Gasteiger partial charge in [0.1, 0.15) is 19.0 Å². The highest BCUT2D eigenvalue weighted by molar-refractivity contribution is 5.75. The number of aliphatic hydroxyl groups excluding tert-OH is 1. The lowest BCUT2D eigenvalue weighted by atomic mass is 10.1. The molecule has 1 heterocycles. The van der Waals surface area contributed by atoms with Gasteiger partial charge in [0.2, 0.25) is 0 Å². The predicted octanol–water partition coefficient (Wildman–Crippen LogP) is 0.281. The van der Waals surface area contributed by atoms with Gasteiger partial charge in [0.25, 0.3) is 0 Å². The highest BCUT2D eigenvalue weighted by atomic mass is 16.6. The molecule has 0 radical (unpaired) electrons. The van der Waals surface area contributed by atoms with Gasteiger partial charge in [0, 0.05) is 11.6 Å². The molecule has 2 rings (SSSR count). The molecule has 1 aliphatic rings. The molecule has 16 heavy (non-hydrogen) atoms. The highest BCUT2D eigenvalue weighted by Gasteiger charge is 2.23. The fraction of sp³-hybridized carbons (Fsp3) is 0.300. The van der Waals surface area contributed by atoms with E-state index < -0.39 is 12.1 Å². The van der Waals surface area contributed by atoms with Crippen LogP contribution >= 0.6 is 0 Å². The third kappa shape index (κ3) is 1.74. The summed E-state index contributed by atoms with van der Waals surface area (Å²) in [4.78, 5) is 10.6. The number of fused-ring (bicyclic) bond motifs is 1. The van der Waals surface area contributed by atoms with Crippen LogP contribution in [0.5, 0.6) is 17.2 Å². The van der Waals surface area contributed by atoms with Crippen LogP contribution in [0.2, 0.25) is 0 Å². The van der Waals surface area contributed by atoms with Crippen LogP contribution in [0.15, 0.2) is 12.1 Å². The molecule has 1 aromatic rings. The smallest absolute Gasteiger partial charge is 0.337 e. The lowest BCUT2D eigenvalue weighted by Crippen LogP contribution is -2.17. The summed E-state index contributed by atoms with van der Waals surface area (Å²) in [5.41, 5.74) is -0.114. The zero-order valence-electron chi connectivity index (χ0n) is 8.21. The Morgan fingerprint density at radius 1 is 1.25 bits per heavy atom. The molecule has 1 atom stereocenters. The van der Waals surface area contributed by atoms with Crippen LogP contribution in [0.1, 0.15) is 11.7 Å². The number of aliphatic hydroxyl groups is 1. The van der Waals surface area contributed by atoms with Crippen molar-refractivity contribution in [3.8, 4) is 17.2 Å². The van der Waals surface area contributed by atoms with Gasteiger partial charge in [-0.15, -0.1) is 0 Å². The summed E-state index contributed by atoms with van der Waals surface area (Å²) in [5, 5.41) is 27.5. The first-order valence-electron chi connectivity index (χ1n) is 4.63. The van der Waals surface area contributed by atoms with Crippen LogP contribution in [0.4, 0.5) is 0 Å². The van der Waals surface area contributed by atoms with Gasteiger partial charge in [-0.2, -0.15) is 0 Å². The van der Waals surface area contributed by atoms with Gasteiger partial charge in [0.15, 0.2) is 17.6 Å². The average molecular weight is 226 g/mol. The lowest BCUT2D eigenvalue weighted by molar-refractivity contribution is -0.147. The van der Waals surface area contributed by atoms with Gasteiger partial charge in [-0.25, -0.2) is 4.79 Å². The topological polar surface area (TPSA) is 96.2 Å². The molecule has 86 valence electrons. The molecule has 0 spiro atoms. The molecule has 1 aromatic carbocycles. The van der Waals surface area contributed by atoms with E-state index in [1.54, 1.807) is 0 Å². The van der Waals surface area contributed by atoms with E-state index in [0.29, 0.717) is 24.7 Å². The molecule has 0 saturated heterocycles. The molecule has 0 bridgehead atoms. The van der Waals surface area contributed by atoms with Gasteiger partial charge in [-0.1, -0.05) is 0 Å². The molecule has 1 unspecified atom stereocenters. The van der Waals surface area contributed by atoms with Gasteiger partial charge in [-0.3, -0.25) is 0 Å². The number of phenols is 1. The molecule has 6 nitrogen and oxygen atoms in total. The van der Waals surface area contributed by atoms with Crippen LogP contribution in [0, 0.1) is 0 Å². The Morgan fingerprint density at radius 3 is 2.38 bits per heavy atom. The van der Waals surface area contributed by atoms with Gasteiger partial charge in [-0.05, 0) is 6.07 Å². The van der Waals surface area contributed by atoms with Crippen LogP contribution in [0.25, 0.3) is 0 Å². The average Bonchev–Trinajstić information content (AvgIpc) is 2.27. The number of rotatable bonds is 2. The number of benzene rings is 1. The third-order valence-electron chi connectivity index (χ3n) is 2.22. The number of carboxylic acids is 1. The Bertz CT molecular complexity index is 428. The van der Waals surface area contributed by atoms with E-state index in [1.807, 2.05) is 0 Å². The van der Waals surface area contributed by atoms with E-state index in [9.17, 15) is 15.0 Å². The van der Waals surface area contributed by atoms with Gasteiger partial charge < -0.3 is 24.8 Å². The minimum Gasteiger partial charge on any atom is -0.507 e. The second-order valence-electron chi connectivity index (χ2n) is 3.30. The van der Waals surface area contributed by atoms with E-state index in [4.69, 9.17) is 14.6 Å². The van der Waals surface area contributed by atoms with Crippen molar-refractivity contribution in [2.45, 2.75) is 6.10 Å². The number of carbonyl (C=O) groups is 1. The fourth-order valence-corrected chi connectivity index (χ4v) is 1.45. The zero-order valence-corrected chi connectivity index (χ0v) is 8.21. The van der Waals surface area contributed by atoms with Crippen molar-refractivity contribution >= 4 is 5.97 Å². The minimum atomic E-state index is -1.78. The standard InChI is InChI=1S/C10H10O6/c11-6-4-8-7(15-1-2-16-8)3-5(6)9(12)10(13)14/h3-4,9,11-12H,1-2H2,(H,13,14). The second-order valence-corrected chi connectivity index (χ2v) is 3.30. The van der Waals surface area contributed by atoms with E-state index in [0.717, 1.165) is 0 Å². The maximum Gasteiger partial charge on any atom is 0.337 e. The van der Waals surface area contributed by atoms with E-state index in [2.05, 4.69) is 0 Å². The van der Waals surface area contributed by atoms with Crippen molar-refractivity contribution in [2.24, 2.45) is 0 Å². The fourth-order valence-electron chi connectivity index (χ4n) is 1.45. The van der Waals surface area contributed by atoms with Crippen LogP contribution in [-0.4, -0.2) is 34.5 Å². The third-order valence-corrected chi connectivity index (χ3v) is 2.22. The van der Waals surface area contributed by atoms with Gasteiger partial charge >= 0.3 is 5.97 Å². The lowest BCUT2D eigenvalue weighted by Gasteiger charge is -2.20. The molecule has 6 heteroatoms. The minimum absolute atomic E-state index is 0.114. The number of phenolic OH excluding ortho intramolecular Hbond substituents is 1. The first kappa shape index (κ1) is 10.6. The van der Waals surface area contributed by atoms with Gasteiger partial charge in [0.05, 0.1) is 0 Å². The molecule has 0 fully saturated rings. The Balaban J connectivity index is 2.43. The van der Waals surface area contributed by atoms with E-state index in [-0.39, 0.29) is 11.3 Å². The van der Waals surface area contributed by atoms with Crippen LogP contribution in [-0.2, 0) is 4.79 Å². The van der Waals surface area contributed by atoms with E-state index in [1.165, 1.54) is 12.1 Å². The number of aliphatic carboxylic acids is 1. The normalized spacial score (nSPS) is 15.6. The van der Waals surface area contributed by atoms with Crippen LogP contribution in [0.3, 0.4) is 0 Å². The molecule has 0 aromatic heterocycles. The van der Waals surface area contributed by atoms with Crippen molar-refractivity contribution in [3.05, 3.63) is 17.7 Å². The summed E-state index contributed by atoms with van der Waals surface area (Å²) >= 11 is 0. The molecule has 1 aliphatic heterocycles. The Hall–Kier alpha value is -1.95. The number of aromatic hydroxyl groups is 1. The maximum absolute atomic E-state index is 10.6. The summed E-state index contributed by atoms with van der Waals surface area (Å²) < 4.78 is 10.4. The summed E-state index contributed by atoms with van der Waals surface area (Å²) in [6, 6.07) is 2.50. The first-order chi connectivity index (χ1) is 7.59. The van der Waals surface area contributed by atoms with Crippen molar-refractivity contribution in [1.29, 1.82) is 0 Å². The Kier molecular flexibility index (Phi) is 2.57. The van der Waals surface area contributed by atoms with Crippen molar-refractivity contribution in [1.82, 2.24) is 0 Å². The molecule has 0 saturated carbocycles. The summed E-state index contributed by atoms with van der Waals surface area (Å²) in [6.07, 6.45) is -1.78. The van der Waals surface area contributed by atoms with Crippen molar-refractivity contribution in [3.63, 3.8) is 0 Å². The van der Waals surface area contributed by atoms with Crippen LogP contribution < -0.4 is 9.47 Å². The maximum atomic E-state index is 10.6. The SMILES string of the molecule is O=C(O)C(O)c1cc2c(cc1O)OCCO2. The zero-order chi connectivity index (χ0) is 11.7. The monoisotopic (exact) mass is 226 g/mol. The van der Waals surface area contributed by atoms with E-state index >= 15 is 0 Å². The summed E-state index contributed by atoms with van der Waals surface area (Å²) in [5.74, 6) is -1.12. The summed E-state index contributed by atoms with van der Waals surface area (Å²) in [6.45, 7) is 0.716. The number of hydrogen-bond acceptors (Lipinski definition) is 5. The molecule has 0 amide bonds. The highest BCUT2D eigenvalue weighted by Crippen LogP contribution is 2.38. The molecule has 0 aliphatic carbocycles. The predicted molar refractivity (Wildman–Crippen MR) is 51.7 cm³/mol. The summed E-state index contributed by atoms with van der Waals surface area (Å²) in [7, 11) is 0. The Labute approximate surface area is 90.7 Å². The quantitative estimate of drug-likeness (QED) is 0.670. The van der Waals surface area contributed by atoms with Crippen molar-refractivity contribution in [2.75, 3.05) is 13.2 Å². The largest absolute Gasteiger partial charge is 0.507 e. The molecular weight excluding hydrogens is 216 g/mol. The number of hydrogen-bond donors (Lipinski definition) is 3. The van der Waals surface area contributed by atoms with Crippen molar-refractivity contribution < 1.29 is 29.6 Å². The number of carboxylic acid groups (broad SMARTS) is 1. The number of ether oxygens (including phenoxy) is 2. The molecule has 3 N–H and O–H groups in total. The second kappa shape index (κ2) is 3.90.